The standard InChI is InChI=1S/C16H25F3/c1-12-2-4-13(5-3-12)6-7-14-8-10-15(11-9-14)16(17,18)19/h6-7,12-15H,2-5,8-11H2,1H3/b7-6+. The largest absolute Gasteiger partial charge is 0.391 e. The number of hydrogen-bond donors (Lipinski definition) is 0. The van der Waals surface area contributed by atoms with E-state index in [4.69, 9.17) is 0 Å². The van der Waals surface area contributed by atoms with E-state index in [1.165, 1.54) is 25.7 Å². The van der Waals surface area contributed by atoms with E-state index >= 15 is 0 Å². The molecule has 0 N–H and O–H groups in total. The Hall–Kier alpha value is -0.470. The average molecular weight is 274 g/mol. The molecule has 0 aliphatic heterocycles. The van der Waals surface area contributed by atoms with Gasteiger partial charge in [-0.25, -0.2) is 0 Å². The van der Waals surface area contributed by atoms with Crippen LogP contribution in [0.15, 0.2) is 12.2 Å². The van der Waals surface area contributed by atoms with Gasteiger partial charge in [-0.05, 0) is 56.3 Å². The van der Waals surface area contributed by atoms with Crippen LogP contribution >= 0.6 is 0 Å². The van der Waals surface area contributed by atoms with Crippen LogP contribution in [-0.4, -0.2) is 6.18 Å². The molecule has 0 unspecified atom stereocenters. The minimum Gasteiger partial charge on any atom is -0.171 e. The fourth-order valence-corrected chi connectivity index (χ4v) is 3.43. The number of alkyl halides is 3. The van der Waals surface area contributed by atoms with Gasteiger partial charge in [0.2, 0.25) is 0 Å². The summed E-state index contributed by atoms with van der Waals surface area (Å²) in [5.74, 6) is 0.869. The summed E-state index contributed by atoms with van der Waals surface area (Å²) in [4.78, 5) is 0. The molecule has 0 saturated heterocycles. The lowest BCUT2D eigenvalue weighted by Crippen LogP contribution is -2.27. The highest BCUT2D eigenvalue weighted by molar-refractivity contribution is 4.96. The predicted octanol–water partition coefficient (Wildman–Crippen LogP) is 5.74. The van der Waals surface area contributed by atoms with Gasteiger partial charge in [0, 0.05) is 0 Å². The number of hydrogen-bond acceptors (Lipinski definition) is 0. The van der Waals surface area contributed by atoms with Crippen molar-refractivity contribution in [2.24, 2.45) is 23.7 Å². The maximum absolute atomic E-state index is 12.6. The molecule has 19 heavy (non-hydrogen) atoms. The van der Waals surface area contributed by atoms with Crippen molar-refractivity contribution in [3.05, 3.63) is 12.2 Å². The smallest absolute Gasteiger partial charge is 0.171 e. The molecule has 0 nitrogen and oxygen atoms in total. The first kappa shape index (κ1) is 14.9. The van der Waals surface area contributed by atoms with Gasteiger partial charge in [-0.15, -0.1) is 0 Å². The van der Waals surface area contributed by atoms with Crippen LogP contribution in [0.5, 0.6) is 0 Å². The molecule has 0 aromatic heterocycles. The van der Waals surface area contributed by atoms with Crippen molar-refractivity contribution in [1.29, 1.82) is 0 Å². The zero-order valence-electron chi connectivity index (χ0n) is 11.8. The van der Waals surface area contributed by atoms with Gasteiger partial charge < -0.3 is 0 Å². The van der Waals surface area contributed by atoms with Crippen LogP contribution in [0.3, 0.4) is 0 Å². The maximum Gasteiger partial charge on any atom is 0.391 e. The van der Waals surface area contributed by atoms with Gasteiger partial charge in [-0.3, -0.25) is 0 Å². The summed E-state index contributed by atoms with van der Waals surface area (Å²) < 4.78 is 37.7. The summed E-state index contributed by atoms with van der Waals surface area (Å²) in [6.07, 6.45) is 7.72. The van der Waals surface area contributed by atoms with E-state index < -0.39 is 12.1 Å². The first-order valence-electron chi connectivity index (χ1n) is 7.70. The Balaban J connectivity index is 1.73. The van der Waals surface area contributed by atoms with Crippen LogP contribution in [0, 0.1) is 23.7 Å². The summed E-state index contributed by atoms with van der Waals surface area (Å²) in [6, 6.07) is 0. The highest BCUT2D eigenvalue weighted by Gasteiger charge is 2.40. The SMILES string of the molecule is CC1CCC(/C=C/C2CCC(C(F)(F)F)CC2)CC1. The summed E-state index contributed by atoms with van der Waals surface area (Å²) in [6.45, 7) is 2.30. The Labute approximate surface area is 114 Å². The normalized spacial score (nSPS) is 37.7. The molecule has 110 valence electrons. The fraction of sp³-hybridized carbons (Fsp3) is 0.875. The average Bonchev–Trinajstić information content (AvgIpc) is 2.37. The van der Waals surface area contributed by atoms with Gasteiger partial charge in [-0.2, -0.15) is 13.2 Å². The molecule has 0 aromatic rings. The van der Waals surface area contributed by atoms with Crippen molar-refractivity contribution in [3.63, 3.8) is 0 Å². The van der Waals surface area contributed by atoms with Gasteiger partial charge in [0.1, 0.15) is 0 Å². The molecule has 2 fully saturated rings. The van der Waals surface area contributed by atoms with E-state index in [2.05, 4.69) is 19.1 Å². The second-order valence-corrected chi connectivity index (χ2v) is 6.56. The molecule has 3 heteroatoms. The van der Waals surface area contributed by atoms with Crippen LogP contribution < -0.4 is 0 Å². The number of rotatable bonds is 2. The molecule has 0 bridgehead atoms. The molecule has 0 amide bonds. The van der Waals surface area contributed by atoms with Crippen molar-refractivity contribution < 1.29 is 13.2 Å². The Bertz CT molecular complexity index is 290. The van der Waals surface area contributed by atoms with E-state index in [0.29, 0.717) is 37.5 Å². The molecule has 2 rings (SSSR count). The van der Waals surface area contributed by atoms with Crippen LogP contribution in [0.4, 0.5) is 13.2 Å². The minimum atomic E-state index is -3.98. The molecule has 0 atom stereocenters. The summed E-state index contributed by atoms with van der Waals surface area (Å²) in [5, 5.41) is 0. The lowest BCUT2D eigenvalue weighted by molar-refractivity contribution is -0.183. The van der Waals surface area contributed by atoms with Crippen LogP contribution in [0.2, 0.25) is 0 Å². The number of halogens is 3. The second-order valence-electron chi connectivity index (χ2n) is 6.56. The van der Waals surface area contributed by atoms with Crippen molar-refractivity contribution in [3.8, 4) is 0 Å². The summed E-state index contributed by atoms with van der Waals surface area (Å²) in [7, 11) is 0. The topological polar surface area (TPSA) is 0 Å². The molecule has 2 aliphatic rings. The Morgan fingerprint density at radius 2 is 1.16 bits per heavy atom. The lowest BCUT2D eigenvalue weighted by Gasteiger charge is -2.29. The van der Waals surface area contributed by atoms with E-state index in [1.54, 1.807) is 0 Å². The molecular weight excluding hydrogens is 249 g/mol. The predicted molar refractivity (Wildman–Crippen MR) is 71.8 cm³/mol. The molecular formula is C16H25F3. The van der Waals surface area contributed by atoms with Crippen molar-refractivity contribution in [1.82, 2.24) is 0 Å². The van der Waals surface area contributed by atoms with E-state index in [0.717, 1.165) is 5.92 Å². The first-order chi connectivity index (χ1) is 8.95. The molecule has 0 spiro atoms. The van der Waals surface area contributed by atoms with E-state index in [9.17, 15) is 13.2 Å². The Morgan fingerprint density at radius 1 is 0.737 bits per heavy atom. The van der Waals surface area contributed by atoms with Gasteiger partial charge in [0.15, 0.2) is 0 Å². The van der Waals surface area contributed by atoms with Gasteiger partial charge in [0.05, 0.1) is 5.92 Å². The van der Waals surface area contributed by atoms with Gasteiger partial charge in [0.25, 0.3) is 0 Å². The Kier molecular flexibility index (Phi) is 4.97. The third-order valence-electron chi connectivity index (χ3n) is 4.95. The first-order valence-corrected chi connectivity index (χ1v) is 7.70. The van der Waals surface area contributed by atoms with Gasteiger partial charge >= 0.3 is 6.18 Å². The fourth-order valence-electron chi connectivity index (χ4n) is 3.43. The second kappa shape index (κ2) is 6.32. The van der Waals surface area contributed by atoms with Gasteiger partial charge in [-0.1, -0.05) is 31.9 Å². The third-order valence-corrected chi connectivity index (χ3v) is 4.95. The van der Waals surface area contributed by atoms with Crippen molar-refractivity contribution in [2.75, 3.05) is 0 Å². The Morgan fingerprint density at radius 3 is 1.58 bits per heavy atom. The molecule has 2 saturated carbocycles. The highest BCUT2D eigenvalue weighted by Crippen LogP contribution is 2.40. The highest BCUT2D eigenvalue weighted by atomic mass is 19.4. The summed E-state index contributed by atoms with van der Waals surface area (Å²) in [5.41, 5.74) is 0. The molecule has 0 aromatic carbocycles. The maximum atomic E-state index is 12.6. The van der Waals surface area contributed by atoms with Crippen molar-refractivity contribution in [2.45, 2.75) is 64.5 Å². The van der Waals surface area contributed by atoms with Crippen LogP contribution in [0.1, 0.15) is 58.3 Å². The lowest BCUT2D eigenvalue weighted by atomic mass is 9.79. The summed E-state index contributed by atoms with van der Waals surface area (Å²) >= 11 is 0. The minimum absolute atomic E-state index is 0.320. The van der Waals surface area contributed by atoms with Crippen LogP contribution in [-0.2, 0) is 0 Å². The molecule has 0 radical (unpaired) electrons. The molecule has 2 aliphatic carbocycles. The quantitative estimate of drug-likeness (QED) is 0.563. The molecule has 0 heterocycles. The zero-order valence-corrected chi connectivity index (χ0v) is 11.8. The van der Waals surface area contributed by atoms with E-state index in [1.807, 2.05) is 0 Å². The number of allylic oxidation sites excluding steroid dienone is 2. The van der Waals surface area contributed by atoms with E-state index in [-0.39, 0.29) is 0 Å². The third kappa shape index (κ3) is 4.54. The monoisotopic (exact) mass is 274 g/mol. The zero-order chi connectivity index (χ0) is 13.9. The van der Waals surface area contributed by atoms with Crippen LogP contribution in [0.25, 0.3) is 0 Å². The van der Waals surface area contributed by atoms with Crippen molar-refractivity contribution >= 4 is 0 Å².